The van der Waals surface area contributed by atoms with Gasteiger partial charge in [0.1, 0.15) is 0 Å². The minimum Gasteiger partial charge on any atom is -0.351 e. The highest BCUT2D eigenvalue weighted by Crippen LogP contribution is 2.54. The van der Waals surface area contributed by atoms with Crippen LogP contribution in [0.1, 0.15) is 44.6 Å². The monoisotopic (exact) mass is 358 g/mol. The van der Waals surface area contributed by atoms with Gasteiger partial charge in [-0.2, -0.15) is 0 Å². The lowest BCUT2D eigenvalue weighted by Gasteiger charge is -2.33. The molecule has 1 aromatic rings. The summed E-state index contributed by atoms with van der Waals surface area (Å²) in [5.74, 6) is -1.47. The molecule has 3 rings (SSSR count). The molecule has 2 aliphatic rings. The number of hydrogen-bond donors (Lipinski definition) is 2. The molecule has 1 saturated heterocycles. The van der Waals surface area contributed by atoms with Crippen molar-refractivity contribution in [3.8, 4) is 0 Å². The smallest absolute Gasteiger partial charge is 0.223 e. The van der Waals surface area contributed by atoms with E-state index in [1.807, 2.05) is 0 Å². The summed E-state index contributed by atoms with van der Waals surface area (Å²) in [5.41, 5.74) is 0.883. The summed E-state index contributed by atoms with van der Waals surface area (Å²) >= 11 is 0. The van der Waals surface area contributed by atoms with Crippen molar-refractivity contribution in [1.82, 2.24) is 10.6 Å². The van der Waals surface area contributed by atoms with Crippen molar-refractivity contribution in [3.63, 3.8) is 0 Å². The first kappa shape index (κ1) is 19.1. The summed E-state index contributed by atoms with van der Waals surface area (Å²) in [7, 11) is 0. The number of amides is 1. The SMILES string of the molecule is CCC1(C)CC1C(=O)NC1CNCCC1c1ccc(F)c(F)c1.Cl. The number of carbonyl (C=O) groups is 1. The Labute approximate surface area is 148 Å². The first-order valence-corrected chi connectivity index (χ1v) is 8.40. The third kappa shape index (κ3) is 3.72. The number of benzene rings is 1. The van der Waals surface area contributed by atoms with Gasteiger partial charge >= 0.3 is 0 Å². The molecule has 0 spiro atoms. The second kappa shape index (κ2) is 7.36. The minimum absolute atomic E-state index is 0. The third-order valence-electron chi connectivity index (χ3n) is 5.66. The first-order valence-electron chi connectivity index (χ1n) is 8.40. The van der Waals surface area contributed by atoms with Crippen molar-refractivity contribution < 1.29 is 13.6 Å². The Morgan fingerprint density at radius 1 is 1.38 bits per heavy atom. The molecule has 4 atom stereocenters. The van der Waals surface area contributed by atoms with Gasteiger partial charge in [0.05, 0.1) is 0 Å². The van der Waals surface area contributed by atoms with E-state index in [0.717, 1.165) is 31.4 Å². The van der Waals surface area contributed by atoms with Gasteiger partial charge < -0.3 is 10.6 Å². The predicted molar refractivity (Wildman–Crippen MR) is 92.3 cm³/mol. The molecule has 1 aromatic carbocycles. The molecule has 1 aliphatic heterocycles. The topological polar surface area (TPSA) is 41.1 Å². The summed E-state index contributed by atoms with van der Waals surface area (Å²) in [6.45, 7) is 5.72. The van der Waals surface area contributed by atoms with Gasteiger partial charge in [0.15, 0.2) is 11.6 Å². The molecule has 0 bridgehead atoms. The molecular weight excluding hydrogens is 334 g/mol. The summed E-state index contributed by atoms with van der Waals surface area (Å²) in [6.07, 6.45) is 2.73. The van der Waals surface area contributed by atoms with E-state index in [2.05, 4.69) is 24.5 Å². The van der Waals surface area contributed by atoms with Gasteiger partial charge in [-0.1, -0.05) is 19.9 Å². The van der Waals surface area contributed by atoms with E-state index in [1.165, 1.54) is 12.1 Å². The van der Waals surface area contributed by atoms with Crippen LogP contribution in [0, 0.1) is 23.0 Å². The van der Waals surface area contributed by atoms with E-state index >= 15 is 0 Å². The van der Waals surface area contributed by atoms with Gasteiger partial charge in [0.25, 0.3) is 0 Å². The predicted octanol–water partition coefficient (Wildman–Crippen LogP) is 3.38. The Balaban J connectivity index is 0.00000208. The highest BCUT2D eigenvalue weighted by atomic mass is 35.5. The van der Waals surface area contributed by atoms with Gasteiger partial charge in [-0.25, -0.2) is 8.78 Å². The average Bonchev–Trinajstić information content (AvgIpc) is 3.24. The fourth-order valence-electron chi connectivity index (χ4n) is 3.64. The quantitative estimate of drug-likeness (QED) is 0.866. The van der Waals surface area contributed by atoms with E-state index < -0.39 is 11.6 Å². The van der Waals surface area contributed by atoms with E-state index in [-0.39, 0.29) is 41.6 Å². The molecule has 1 aliphatic carbocycles. The van der Waals surface area contributed by atoms with Crippen LogP contribution in [0.4, 0.5) is 8.78 Å². The summed E-state index contributed by atoms with van der Waals surface area (Å²) in [6, 6.07) is 3.97. The summed E-state index contributed by atoms with van der Waals surface area (Å²) in [5, 5.41) is 6.41. The second-order valence-electron chi connectivity index (χ2n) is 7.15. The van der Waals surface area contributed by atoms with Gasteiger partial charge in [-0.05, 0) is 48.9 Å². The minimum atomic E-state index is -0.833. The molecule has 3 nitrogen and oxygen atoms in total. The average molecular weight is 359 g/mol. The number of piperidine rings is 1. The largest absolute Gasteiger partial charge is 0.351 e. The van der Waals surface area contributed by atoms with E-state index in [9.17, 15) is 13.6 Å². The highest BCUT2D eigenvalue weighted by Gasteiger charge is 2.53. The van der Waals surface area contributed by atoms with Crippen molar-refractivity contribution in [2.24, 2.45) is 11.3 Å². The number of halogens is 3. The van der Waals surface area contributed by atoms with Crippen LogP contribution < -0.4 is 10.6 Å². The molecule has 4 unspecified atom stereocenters. The lowest BCUT2D eigenvalue weighted by molar-refractivity contribution is -0.124. The Morgan fingerprint density at radius 2 is 2.12 bits per heavy atom. The molecule has 6 heteroatoms. The molecular formula is C18H25ClF2N2O. The van der Waals surface area contributed by atoms with E-state index in [4.69, 9.17) is 0 Å². The molecule has 1 heterocycles. The van der Waals surface area contributed by atoms with E-state index in [1.54, 1.807) is 6.07 Å². The molecule has 0 aromatic heterocycles. The fourth-order valence-corrected chi connectivity index (χ4v) is 3.64. The zero-order chi connectivity index (χ0) is 16.6. The number of rotatable bonds is 4. The number of carbonyl (C=O) groups excluding carboxylic acids is 1. The number of hydrogen-bond acceptors (Lipinski definition) is 2. The van der Waals surface area contributed by atoms with Gasteiger partial charge in [0, 0.05) is 24.4 Å². The third-order valence-corrected chi connectivity index (χ3v) is 5.66. The first-order chi connectivity index (χ1) is 10.9. The van der Waals surface area contributed by atoms with Crippen LogP contribution in [0.2, 0.25) is 0 Å². The molecule has 1 amide bonds. The van der Waals surface area contributed by atoms with E-state index in [0.29, 0.717) is 6.54 Å². The molecule has 0 radical (unpaired) electrons. The van der Waals surface area contributed by atoms with Crippen LogP contribution in [0.3, 0.4) is 0 Å². The van der Waals surface area contributed by atoms with Crippen molar-refractivity contribution in [3.05, 3.63) is 35.4 Å². The maximum absolute atomic E-state index is 13.5. The molecule has 2 N–H and O–H groups in total. The zero-order valence-corrected chi connectivity index (χ0v) is 14.9. The summed E-state index contributed by atoms with van der Waals surface area (Å²) < 4.78 is 26.7. The lowest BCUT2D eigenvalue weighted by atomic mass is 9.85. The van der Waals surface area contributed by atoms with Crippen molar-refractivity contribution in [1.29, 1.82) is 0 Å². The normalized spacial score (nSPS) is 31.9. The Hall–Kier alpha value is -1.20. The van der Waals surface area contributed by atoms with Gasteiger partial charge in [-0.15, -0.1) is 12.4 Å². The highest BCUT2D eigenvalue weighted by molar-refractivity contribution is 5.85. The Bertz CT molecular complexity index is 613. The fraction of sp³-hybridized carbons (Fsp3) is 0.611. The standard InChI is InChI=1S/C18H24F2N2O.ClH/c1-3-18(2)9-13(18)17(23)22-16-10-21-7-6-12(16)11-4-5-14(19)15(20)8-11;/h4-5,8,12-13,16,21H,3,6-7,9-10H2,1-2H3,(H,22,23);1H. The Kier molecular flexibility index (Phi) is 5.87. The molecule has 24 heavy (non-hydrogen) atoms. The van der Waals surface area contributed by atoms with Crippen LogP contribution in [0.5, 0.6) is 0 Å². The second-order valence-corrected chi connectivity index (χ2v) is 7.15. The van der Waals surface area contributed by atoms with Crippen molar-refractivity contribution in [2.75, 3.05) is 13.1 Å². The zero-order valence-electron chi connectivity index (χ0n) is 14.1. The lowest BCUT2D eigenvalue weighted by Crippen LogP contribution is -2.50. The van der Waals surface area contributed by atoms with Crippen LogP contribution >= 0.6 is 12.4 Å². The Morgan fingerprint density at radius 3 is 2.75 bits per heavy atom. The molecule has 2 fully saturated rings. The van der Waals surface area contributed by atoms with Crippen molar-refractivity contribution >= 4 is 18.3 Å². The maximum atomic E-state index is 13.5. The van der Waals surface area contributed by atoms with Crippen LogP contribution in [0.25, 0.3) is 0 Å². The van der Waals surface area contributed by atoms with Crippen molar-refractivity contribution in [2.45, 2.75) is 45.1 Å². The van der Waals surface area contributed by atoms with Crippen LogP contribution in [-0.2, 0) is 4.79 Å². The van der Waals surface area contributed by atoms with Crippen LogP contribution in [-0.4, -0.2) is 25.0 Å². The summed E-state index contributed by atoms with van der Waals surface area (Å²) in [4.78, 5) is 12.5. The molecule has 134 valence electrons. The number of nitrogens with one attached hydrogen (secondary N) is 2. The van der Waals surface area contributed by atoms with Gasteiger partial charge in [0.2, 0.25) is 5.91 Å². The maximum Gasteiger partial charge on any atom is 0.223 e. The molecule has 1 saturated carbocycles. The van der Waals surface area contributed by atoms with Gasteiger partial charge in [-0.3, -0.25) is 4.79 Å². The van der Waals surface area contributed by atoms with Crippen LogP contribution in [0.15, 0.2) is 18.2 Å².